The van der Waals surface area contributed by atoms with Crippen LogP contribution < -0.4 is 16.0 Å². The fourth-order valence-corrected chi connectivity index (χ4v) is 2.38. The van der Waals surface area contributed by atoms with Crippen molar-refractivity contribution in [1.29, 1.82) is 0 Å². The van der Waals surface area contributed by atoms with Crippen LogP contribution in [0, 0.1) is 17.0 Å². The molecule has 0 fully saturated rings. The zero-order chi connectivity index (χ0) is 17.7. The maximum atomic E-state index is 10.7. The molecule has 0 bridgehead atoms. The van der Waals surface area contributed by atoms with Crippen molar-refractivity contribution in [2.45, 2.75) is 6.92 Å². The molecule has 8 heteroatoms. The highest BCUT2D eigenvalue weighted by Gasteiger charge is 2.09. The van der Waals surface area contributed by atoms with Gasteiger partial charge in [0.1, 0.15) is 6.67 Å². The maximum Gasteiger partial charge on any atom is 0.269 e. The highest BCUT2D eigenvalue weighted by atomic mass is 35.5. The van der Waals surface area contributed by atoms with E-state index in [1.807, 2.05) is 19.1 Å². The minimum Gasteiger partial charge on any atom is -0.369 e. The van der Waals surface area contributed by atoms with E-state index in [1.54, 1.807) is 30.1 Å². The predicted molar refractivity (Wildman–Crippen MR) is 97.8 cm³/mol. The summed E-state index contributed by atoms with van der Waals surface area (Å²) in [5.74, 6) is 0.279. The lowest BCUT2D eigenvalue weighted by molar-refractivity contribution is -0.384. The van der Waals surface area contributed by atoms with Crippen molar-refractivity contribution in [3.63, 3.8) is 0 Å². The molecule has 0 saturated heterocycles. The van der Waals surface area contributed by atoms with Gasteiger partial charge in [0.15, 0.2) is 5.96 Å². The van der Waals surface area contributed by atoms with Crippen molar-refractivity contribution in [3.8, 4) is 0 Å². The van der Waals surface area contributed by atoms with Gasteiger partial charge < -0.3 is 16.0 Å². The van der Waals surface area contributed by atoms with Crippen LogP contribution in [0.25, 0.3) is 0 Å². The fourth-order valence-electron chi connectivity index (χ4n) is 2.09. The Kier molecular flexibility index (Phi) is 5.59. The van der Waals surface area contributed by atoms with E-state index in [4.69, 9.17) is 17.3 Å². The van der Waals surface area contributed by atoms with Crippen LogP contribution in [-0.4, -0.2) is 24.6 Å². The van der Waals surface area contributed by atoms with Crippen molar-refractivity contribution in [2.75, 3.05) is 23.9 Å². The van der Waals surface area contributed by atoms with Crippen molar-refractivity contribution >= 4 is 34.6 Å². The molecule has 2 aromatic rings. The molecule has 0 heterocycles. The Morgan fingerprint density at radius 3 is 2.58 bits per heavy atom. The number of halogens is 1. The number of non-ortho nitro benzene ring substituents is 1. The Morgan fingerprint density at radius 2 is 2.00 bits per heavy atom. The lowest BCUT2D eigenvalue weighted by atomic mass is 10.2. The molecule has 0 radical (unpaired) electrons. The molecule has 0 saturated carbocycles. The number of nitrogens with two attached hydrogens (primary N) is 1. The average molecular weight is 348 g/mol. The molecule has 24 heavy (non-hydrogen) atoms. The largest absolute Gasteiger partial charge is 0.369 e. The number of nitro groups is 1. The number of rotatable bonds is 5. The van der Waals surface area contributed by atoms with Gasteiger partial charge in [-0.3, -0.25) is 10.1 Å². The van der Waals surface area contributed by atoms with Gasteiger partial charge in [-0.15, -0.1) is 0 Å². The monoisotopic (exact) mass is 347 g/mol. The van der Waals surface area contributed by atoms with E-state index in [0.717, 1.165) is 11.3 Å². The van der Waals surface area contributed by atoms with Crippen LogP contribution in [0.1, 0.15) is 5.56 Å². The van der Waals surface area contributed by atoms with Crippen LogP contribution in [-0.2, 0) is 0 Å². The second-order valence-electron chi connectivity index (χ2n) is 5.12. The SMILES string of the molecule is Cc1cccc(Cl)c1NCN=C(N)N(C)c1ccc([N+](=O)[O-])cc1. The number of nitro benzene ring substituents is 1. The summed E-state index contributed by atoms with van der Waals surface area (Å²) >= 11 is 6.14. The third-order valence-corrected chi connectivity index (χ3v) is 3.83. The van der Waals surface area contributed by atoms with Crippen molar-refractivity contribution in [1.82, 2.24) is 0 Å². The quantitative estimate of drug-likeness (QED) is 0.374. The minimum atomic E-state index is -0.447. The van der Waals surface area contributed by atoms with Crippen LogP contribution in [0.5, 0.6) is 0 Å². The molecule has 0 amide bonds. The molecule has 0 atom stereocenters. The van der Waals surface area contributed by atoms with Gasteiger partial charge in [-0.2, -0.15) is 0 Å². The number of anilines is 2. The summed E-state index contributed by atoms with van der Waals surface area (Å²) in [6.07, 6.45) is 0. The molecule has 0 aliphatic carbocycles. The number of benzene rings is 2. The van der Waals surface area contributed by atoms with Gasteiger partial charge in [0.05, 0.1) is 15.6 Å². The molecule has 0 aromatic heterocycles. The normalized spacial score (nSPS) is 11.2. The van der Waals surface area contributed by atoms with Gasteiger partial charge in [0.2, 0.25) is 0 Å². The topological polar surface area (TPSA) is 96.8 Å². The van der Waals surface area contributed by atoms with E-state index in [-0.39, 0.29) is 18.3 Å². The van der Waals surface area contributed by atoms with Gasteiger partial charge >= 0.3 is 0 Å². The lowest BCUT2D eigenvalue weighted by Crippen LogP contribution is -2.34. The summed E-state index contributed by atoms with van der Waals surface area (Å²) in [5, 5.41) is 14.4. The van der Waals surface area contributed by atoms with Crippen LogP contribution >= 0.6 is 11.6 Å². The van der Waals surface area contributed by atoms with E-state index >= 15 is 0 Å². The summed E-state index contributed by atoms with van der Waals surface area (Å²) in [5.41, 5.74) is 8.51. The zero-order valence-electron chi connectivity index (χ0n) is 13.4. The number of nitrogens with one attached hydrogen (secondary N) is 1. The van der Waals surface area contributed by atoms with Crippen LogP contribution in [0.4, 0.5) is 17.1 Å². The van der Waals surface area contributed by atoms with Gasteiger partial charge in [-0.1, -0.05) is 23.7 Å². The van der Waals surface area contributed by atoms with Crippen molar-refractivity contribution < 1.29 is 4.92 Å². The first-order valence-corrected chi connectivity index (χ1v) is 7.55. The fraction of sp³-hybridized carbons (Fsp3) is 0.188. The summed E-state index contributed by atoms with van der Waals surface area (Å²) in [4.78, 5) is 16.1. The van der Waals surface area contributed by atoms with Crippen LogP contribution in [0.15, 0.2) is 47.5 Å². The Balaban J connectivity index is 2.03. The predicted octanol–water partition coefficient (Wildman–Crippen LogP) is 3.38. The third kappa shape index (κ3) is 4.14. The maximum absolute atomic E-state index is 10.7. The number of para-hydroxylation sites is 1. The highest BCUT2D eigenvalue weighted by Crippen LogP contribution is 2.25. The van der Waals surface area contributed by atoms with Gasteiger partial charge in [0.25, 0.3) is 5.69 Å². The summed E-state index contributed by atoms with van der Waals surface area (Å²) in [6.45, 7) is 2.21. The minimum absolute atomic E-state index is 0.0264. The molecule has 0 aliphatic heterocycles. The summed E-state index contributed by atoms with van der Waals surface area (Å²) in [6, 6.07) is 11.7. The number of nitrogens with zero attached hydrogens (tertiary/aromatic N) is 3. The molecule has 0 unspecified atom stereocenters. The molecule has 0 spiro atoms. The number of aliphatic imine (C=N–C) groups is 1. The molecule has 0 aliphatic rings. The number of hydrogen-bond acceptors (Lipinski definition) is 4. The second kappa shape index (κ2) is 7.65. The Hall–Kier alpha value is -2.80. The first-order valence-electron chi connectivity index (χ1n) is 7.17. The highest BCUT2D eigenvalue weighted by molar-refractivity contribution is 6.33. The third-order valence-electron chi connectivity index (χ3n) is 3.51. The first kappa shape index (κ1) is 17.6. The van der Waals surface area contributed by atoms with Crippen LogP contribution in [0.2, 0.25) is 5.02 Å². The number of aryl methyl sites for hydroxylation is 1. The van der Waals surface area contributed by atoms with E-state index in [1.165, 1.54) is 12.1 Å². The first-order chi connectivity index (χ1) is 11.4. The molecular formula is C16H18ClN5O2. The molecule has 126 valence electrons. The Morgan fingerprint density at radius 1 is 1.33 bits per heavy atom. The van der Waals surface area contributed by atoms with Crippen molar-refractivity contribution in [3.05, 3.63) is 63.2 Å². The second-order valence-corrected chi connectivity index (χ2v) is 5.52. The standard InChI is InChI=1S/C16H18ClN5O2/c1-11-4-3-5-14(17)15(11)19-10-20-16(18)21(2)12-6-8-13(9-7-12)22(23)24/h3-9,19H,10H2,1-2H3,(H2,18,20). The van der Waals surface area contributed by atoms with E-state index in [9.17, 15) is 10.1 Å². The van der Waals surface area contributed by atoms with Gasteiger partial charge in [0, 0.05) is 24.9 Å². The number of guanidine groups is 1. The smallest absolute Gasteiger partial charge is 0.269 e. The van der Waals surface area contributed by atoms with Crippen LogP contribution in [0.3, 0.4) is 0 Å². The zero-order valence-corrected chi connectivity index (χ0v) is 14.1. The summed E-state index contributed by atoms with van der Waals surface area (Å²) in [7, 11) is 1.74. The van der Waals surface area contributed by atoms with Gasteiger partial charge in [-0.25, -0.2) is 4.99 Å². The molecule has 2 aromatic carbocycles. The molecule has 7 nitrogen and oxygen atoms in total. The van der Waals surface area contributed by atoms with E-state index in [2.05, 4.69) is 10.3 Å². The van der Waals surface area contributed by atoms with E-state index < -0.39 is 4.92 Å². The molecular weight excluding hydrogens is 330 g/mol. The summed E-state index contributed by atoms with van der Waals surface area (Å²) < 4.78 is 0. The average Bonchev–Trinajstić information content (AvgIpc) is 2.56. The van der Waals surface area contributed by atoms with Gasteiger partial charge in [-0.05, 0) is 30.7 Å². The number of hydrogen-bond donors (Lipinski definition) is 2. The lowest BCUT2D eigenvalue weighted by Gasteiger charge is -2.18. The molecule has 3 N–H and O–H groups in total. The van der Waals surface area contributed by atoms with E-state index in [0.29, 0.717) is 10.7 Å². The Bertz CT molecular complexity index is 741. The molecule has 2 rings (SSSR count). The van der Waals surface area contributed by atoms with Crippen molar-refractivity contribution in [2.24, 2.45) is 10.7 Å². The Labute approximate surface area is 144 Å².